The molecule has 210 valence electrons. The highest BCUT2D eigenvalue weighted by atomic mass is 16.2. The van der Waals surface area contributed by atoms with E-state index in [1.54, 1.807) is 12.2 Å². The summed E-state index contributed by atoms with van der Waals surface area (Å²) in [6, 6.07) is 17.5. The lowest BCUT2D eigenvalue weighted by molar-refractivity contribution is 0.497. The van der Waals surface area contributed by atoms with E-state index in [4.69, 9.17) is 0 Å². The van der Waals surface area contributed by atoms with Crippen molar-refractivity contribution < 1.29 is 0 Å². The fraction of sp³-hybridized carbons (Fsp3) is 0.412. The first-order valence-corrected chi connectivity index (χ1v) is 14.7. The minimum Gasteiger partial charge on any atom is -0.364 e. The van der Waals surface area contributed by atoms with E-state index < -0.39 is 5.43 Å². The summed E-state index contributed by atoms with van der Waals surface area (Å²) in [4.78, 5) is 29.5. The number of para-hydroxylation sites is 2. The minimum atomic E-state index is -0.436. The van der Waals surface area contributed by atoms with Gasteiger partial charge in [-0.15, -0.1) is 0 Å². The summed E-state index contributed by atoms with van der Waals surface area (Å²) in [5, 5.41) is 3.12. The average molecular weight is 530 g/mol. The smallest absolute Gasteiger partial charge is 0.253 e. The lowest BCUT2D eigenvalue weighted by Crippen LogP contribution is -2.51. The van der Waals surface area contributed by atoms with Crippen LogP contribution in [-0.4, -0.2) is 19.1 Å². The molecule has 1 N–H and O–H groups in total. The van der Waals surface area contributed by atoms with Gasteiger partial charge in [-0.3, -0.25) is 9.59 Å². The molecule has 1 atom stereocenters. The van der Waals surface area contributed by atoms with Crippen LogP contribution in [0.2, 0.25) is 0 Å². The third-order valence-electron chi connectivity index (χ3n) is 6.82. The summed E-state index contributed by atoms with van der Waals surface area (Å²) in [6.45, 7) is 19.0. The molecule has 0 saturated carbocycles. The second-order valence-corrected chi connectivity index (χ2v) is 8.96. The molecule has 5 nitrogen and oxygen atoms in total. The molecule has 2 aliphatic rings. The van der Waals surface area contributed by atoms with Crippen molar-refractivity contribution in [3.05, 3.63) is 105 Å². The summed E-state index contributed by atoms with van der Waals surface area (Å²) in [5.41, 5.74) is 6.12. The Balaban J connectivity index is 0.000000833. The Bertz CT molecular complexity index is 1250. The van der Waals surface area contributed by atoms with Crippen LogP contribution in [0.25, 0.3) is 0 Å². The molecule has 2 heterocycles. The number of anilines is 4. The molecule has 5 heteroatoms. The maximum atomic E-state index is 12.6. The zero-order valence-electron chi connectivity index (χ0n) is 25.0. The predicted octanol–water partition coefficient (Wildman–Crippen LogP) is 7.77. The number of allylic oxidation sites excluding steroid dienone is 3. The van der Waals surface area contributed by atoms with E-state index in [2.05, 4.69) is 70.2 Å². The van der Waals surface area contributed by atoms with Crippen LogP contribution in [0, 0.1) is 0 Å². The molecule has 1 fully saturated rings. The lowest BCUT2D eigenvalue weighted by atomic mass is 9.99. The summed E-state index contributed by atoms with van der Waals surface area (Å²) in [6.07, 6.45) is 7.49. The van der Waals surface area contributed by atoms with Gasteiger partial charge in [-0.2, -0.15) is 0 Å². The summed E-state index contributed by atoms with van der Waals surface area (Å²) < 4.78 is 0. The standard InChI is InChI=1S/C28H29N3O2.3C2H6/c1-3-9-19(2)29-25-26(28(33)27(25)32)30-17-8-12-22(18-30)31-23-13-6-4-10-20(23)15-16-21-11-5-7-14-24(21)31;3*1-2/h3-7,9-11,13-14,22,29H,1,8,12,15-18H2,2H3;3*1-2H3/b19-9+;;;. The topological polar surface area (TPSA) is 52.6 Å². The van der Waals surface area contributed by atoms with E-state index in [1.165, 1.54) is 22.5 Å². The fourth-order valence-corrected chi connectivity index (χ4v) is 5.29. The van der Waals surface area contributed by atoms with Crippen LogP contribution < -0.4 is 26.0 Å². The van der Waals surface area contributed by atoms with Gasteiger partial charge >= 0.3 is 0 Å². The number of nitrogens with one attached hydrogen (secondary N) is 1. The van der Waals surface area contributed by atoms with Gasteiger partial charge in [-0.1, -0.05) is 90.6 Å². The Hall–Kier alpha value is -3.60. The first-order valence-electron chi connectivity index (χ1n) is 14.7. The van der Waals surface area contributed by atoms with E-state index >= 15 is 0 Å². The van der Waals surface area contributed by atoms with Gasteiger partial charge in [0.25, 0.3) is 10.9 Å². The van der Waals surface area contributed by atoms with Gasteiger partial charge in [0, 0.05) is 30.2 Å². The first kappa shape index (κ1) is 31.6. The zero-order chi connectivity index (χ0) is 28.9. The highest BCUT2D eigenvalue weighted by Gasteiger charge is 2.34. The number of piperidine rings is 1. The molecule has 1 saturated heterocycles. The molecule has 0 aliphatic carbocycles. The Kier molecular flexibility index (Phi) is 12.7. The van der Waals surface area contributed by atoms with Crippen LogP contribution in [0.3, 0.4) is 0 Å². The number of aryl methyl sites for hydroxylation is 2. The van der Waals surface area contributed by atoms with Crippen molar-refractivity contribution in [1.29, 1.82) is 0 Å². The van der Waals surface area contributed by atoms with E-state index in [9.17, 15) is 9.59 Å². The molecule has 2 aliphatic heterocycles. The van der Waals surface area contributed by atoms with Gasteiger partial charge in [0.1, 0.15) is 11.4 Å². The van der Waals surface area contributed by atoms with Crippen molar-refractivity contribution in [2.24, 2.45) is 0 Å². The maximum absolute atomic E-state index is 12.6. The monoisotopic (exact) mass is 529 g/mol. The predicted molar refractivity (Wildman–Crippen MR) is 171 cm³/mol. The van der Waals surface area contributed by atoms with Crippen LogP contribution in [0.4, 0.5) is 22.7 Å². The average Bonchev–Trinajstić information content (AvgIpc) is 3.17. The molecule has 0 amide bonds. The quantitative estimate of drug-likeness (QED) is 0.270. The van der Waals surface area contributed by atoms with Crippen LogP contribution in [-0.2, 0) is 12.8 Å². The van der Waals surface area contributed by atoms with E-state index in [1.807, 2.05) is 48.5 Å². The Morgan fingerprint density at radius 3 is 1.95 bits per heavy atom. The number of hydrogen-bond acceptors (Lipinski definition) is 5. The van der Waals surface area contributed by atoms with Gasteiger partial charge in [-0.25, -0.2) is 0 Å². The van der Waals surface area contributed by atoms with Gasteiger partial charge in [0.05, 0.1) is 6.04 Å². The molecule has 0 aromatic heterocycles. The summed E-state index contributed by atoms with van der Waals surface area (Å²) in [5.74, 6) is 0. The molecule has 3 aromatic carbocycles. The maximum Gasteiger partial charge on any atom is 0.253 e. The largest absolute Gasteiger partial charge is 0.364 e. The SMILES string of the molecule is C=C/C=C(\C)Nc1c(N2CCCC(N3c4ccccc4CCc4ccccc43)C2)c(=O)c1=O.CC.CC.CC. The Labute approximate surface area is 235 Å². The van der Waals surface area contributed by atoms with Crippen molar-refractivity contribution in [3.8, 4) is 0 Å². The molecule has 39 heavy (non-hydrogen) atoms. The number of hydrogen-bond donors (Lipinski definition) is 1. The molecule has 5 rings (SSSR count). The van der Waals surface area contributed by atoms with E-state index in [0.29, 0.717) is 17.9 Å². The highest BCUT2D eigenvalue weighted by Crippen LogP contribution is 2.40. The van der Waals surface area contributed by atoms with Crippen LogP contribution in [0.15, 0.2) is 82.5 Å². The van der Waals surface area contributed by atoms with Crippen LogP contribution in [0.1, 0.15) is 72.4 Å². The Morgan fingerprint density at radius 1 is 0.872 bits per heavy atom. The Morgan fingerprint density at radius 2 is 1.41 bits per heavy atom. The molecule has 0 radical (unpaired) electrons. The molecule has 0 spiro atoms. The van der Waals surface area contributed by atoms with Crippen LogP contribution in [0.5, 0.6) is 0 Å². The zero-order valence-corrected chi connectivity index (χ0v) is 25.0. The number of fused-ring (bicyclic) bond motifs is 2. The van der Waals surface area contributed by atoms with Crippen molar-refractivity contribution >= 4 is 22.7 Å². The minimum absolute atomic E-state index is 0.209. The fourth-order valence-electron chi connectivity index (χ4n) is 5.29. The van der Waals surface area contributed by atoms with Crippen molar-refractivity contribution in [3.63, 3.8) is 0 Å². The van der Waals surface area contributed by atoms with E-state index in [-0.39, 0.29) is 11.5 Å². The molecular weight excluding hydrogens is 482 g/mol. The molecule has 0 bridgehead atoms. The number of nitrogens with zero attached hydrogens (tertiary/aromatic N) is 2. The number of rotatable bonds is 5. The third kappa shape index (κ3) is 6.89. The van der Waals surface area contributed by atoms with Crippen molar-refractivity contribution in [1.82, 2.24) is 0 Å². The third-order valence-corrected chi connectivity index (χ3v) is 6.82. The van der Waals surface area contributed by atoms with Crippen molar-refractivity contribution in [2.45, 2.75) is 80.2 Å². The molecule has 1 unspecified atom stereocenters. The van der Waals surface area contributed by atoms with Gasteiger partial charge < -0.3 is 15.1 Å². The second kappa shape index (κ2) is 15.7. The summed E-state index contributed by atoms with van der Waals surface area (Å²) in [7, 11) is 0. The summed E-state index contributed by atoms with van der Waals surface area (Å²) >= 11 is 0. The first-order chi connectivity index (χ1) is 19.1. The normalized spacial score (nSPS) is 16.1. The van der Waals surface area contributed by atoms with Crippen LogP contribution >= 0.6 is 0 Å². The van der Waals surface area contributed by atoms with Gasteiger partial charge in [0.15, 0.2) is 0 Å². The second-order valence-electron chi connectivity index (χ2n) is 8.96. The van der Waals surface area contributed by atoms with Gasteiger partial charge in [0.2, 0.25) is 0 Å². The molecule has 3 aromatic rings. The van der Waals surface area contributed by atoms with Gasteiger partial charge in [-0.05, 0) is 61.9 Å². The number of benzene rings is 2. The molecular formula is C34H47N3O2. The van der Waals surface area contributed by atoms with E-state index in [0.717, 1.165) is 37.9 Å². The van der Waals surface area contributed by atoms with Crippen molar-refractivity contribution in [2.75, 3.05) is 28.2 Å². The highest BCUT2D eigenvalue weighted by molar-refractivity contribution is 5.78. The lowest BCUT2D eigenvalue weighted by Gasteiger charge is -2.42.